The first-order valence-electron chi connectivity index (χ1n) is 6.05. The van der Waals surface area contributed by atoms with Crippen molar-refractivity contribution < 1.29 is 9.84 Å². The Labute approximate surface area is 112 Å². The number of aliphatic hydroxyl groups is 1. The zero-order valence-corrected chi connectivity index (χ0v) is 12.3. The molecule has 1 aromatic rings. The number of hydrogen-bond acceptors (Lipinski definition) is 2. The Morgan fingerprint density at radius 1 is 1.29 bits per heavy atom. The quantitative estimate of drug-likeness (QED) is 0.860. The van der Waals surface area contributed by atoms with Gasteiger partial charge in [-0.15, -0.1) is 0 Å². The predicted octanol–water partition coefficient (Wildman–Crippen LogP) is 4.00. The normalized spacial score (nSPS) is 12.8. The summed E-state index contributed by atoms with van der Waals surface area (Å²) in [4.78, 5) is 0. The molecule has 0 aromatic heterocycles. The van der Waals surface area contributed by atoms with Gasteiger partial charge in [0.25, 0.3) is 0 Å². The molecule has 0 saturated heterocycles. The van der Waals surface area contributed by atoms with Crippen LogP contribution < -0.4 is 4.74 Å². The summed E-state index contributed by atoms with van der Waals surface area (Å²) in [7, 11) is 0. The highest BCUT2D eigenvalue weighted by Crippen LogP contribution is 2.24. The lowest BCUT2D eigenvalue weighted by Gasteiger charge is -2.16. The molecular formula is C14H21BrO2. The summed E-state index contributed by atoms with van der Waals surface area (Å²) in [5, 5.41) is 9.25. The van der Waals surface area contributed by atoms with Crippen LogP contribution in [0, 0.1) is 11.8 Å². The number of halogens is 1. The molecule has 0 saturated carbocycles. The van der Waals surface area contributed by atoms with E-state index in [-0.39, 0.29) is 6.61 Å². The van der Waals surface area contributed by atoms with Gasteiger partial charge in [0.15, 0.2) is 0 Å². The van der Waals surface area contributed by atoms with Crippen molar-refractivity contribution in [2.75, 3.05) is 6.61 Å². The summed E-state index contributed by atoms with van der Waals surface area (Å²) < 4.78 is 6.73. The van der Waals surface area contributed by atoms with E-state index in [2.05, 4.69) is 36.7 Å². The maximum absolute atomic E-state index is 9.25. The van der Waals surface area contributed by atoms with Gasteiger partial charge in [-0.1, -0.05) is 36.7 Å². The molecule has 2 nitrogen and oxygen atoms in total. The Morgan fingerprint density at radius 2 is 2.00 bits per heavy atom. The molecule has 3 heteroatoms. The van der Waals surface area contributed by atoms with E-state index in [9.17, 15) is 5.11 Å². The fraction of sp³-hybridized carbons (Fsp3) is 0.571. The van der Waals surface area contributed by atoms with Crippen LogP contribution in [-0.2, 0) is 6.61 Å². The van der Waals surface area contributed by atoms with E-state index in [4.69, 9.17) is 4.74 Å². The molecular weight excluding hydrogens is 280 g/mol. The lowest BCUT2D eigenvalue weighted by molar-refractivity contribution is 0.225. The van der Waals surface area contributed by atoms with Gasteiger partial charge in [-0.05, 0) is 36.5 Å². The van der Waals surface area contributed by atoms with E-state index in [1.807, 2.05) is 18.2 Å². The van der Waals surface area contributed by atoms with Crippen LogP contribution in [0.15, 0.2) is 22.7 Å². The molecule has 0 amide bonds. The van der Waals surface area contributed by atoms with E-state index in [1.54, 1.807) is 0 Å². The molecule has 0 radical (unpaired) electrons. The highest BCUT2D eigenvalue weighted by atomic mass is 79.9. The standard InChI is InChI=1S/C14H21BrO2/c1-10(2)6-11(3)9-17-14-5-4-13(15)7-12(14)8-16/h4-5,7,10-11,16H,6,8-9H2,1-3H3. The topological polar surface area (TPSA) is 29.5 Å². The van der Waals surface area contributed by atoms with E-state index < -0.39 is 0 Å². The summed E-state index contributed by atoms with van der Waals surface area (Å²) in [5.41, 5.74) is 0.830. The van der Waals surface area contributed by atoms with Crippen LogP contribution in [0.25, 0.3) is 0 Å². The Balaban J connectivity index is 2.56. The summed E-state index contributed by atoms with van der Waals surface area (Å²) in [6.07, 6.45) is 1.16. The van der Waals surface area contributed by atoms with Gasteiger partial charge in [0.05, 0.1) is 13.2 Å². The lowest BCUT2D eigenvalue weighted by atomic mass is 10.00. The van der Waals surface area contributed by atoms with Crippen LogP contribution >= 0.6 is 15.9 Å². The van der Waals surface area contributed by atoms with Crippen LogP contribution in [0.4, 0.5) is 0 Å². The Morgan fingerprint density at radius 3 is 2.59 bits per heavy atom. The van der Waals surface area contributed by atoms with Gasteiger partial charge in [-0.25, -0.2) is 0 Å². The monoisotopic (exact) mass is 300 g/mol. The Hall–Kier alpha value is -0.540. The predicted molar refractivity (Wildman–Crippen MR) is 74.2 cm³/mol. The van der Waals surface area contributed by atoms with E-state index in [1.165, 1.54) is 0 Å². The SMILES string of the molecule is CC(C)CC(C)COc1ccc(Br)cc1CO. The second-order valence-corrected chi connectivity index (χ2v) is 5.87. The third-order valence-electron chi connectivity index (χ3n) is 2.59. The molecule has 0 aliphatic rings. The Kier molecular flexibility index (Phi) is 6.00. The van der Waals surface area contributed by atoms with Gasteiger partial charge in [0, 0.05) is 10.0 Å². The van der Waals surface area contributed by atoms with Crippen LogP contribution in [0.1, 0.15) is 32.8 Å². The number of benzene rings is 1. The summed E-state index contributed by atoms with van der Waals surface area (Å²) in [6.45, 7) is 7.34. The van der Waals surface area contributed by atoms with Crippen molar-refractivity contribution in [2.45, 2.75) is 33.8 Å². The van der Waals surface area contributed by atoms with Crippen molar-refractivity contribution >= 4 is 15.9 Å². The first-order chi connectivity index (χ1) is 8.02. The molecule has 0 aliphatic heterocycles. The molecule has 0 bridgehead atoms. The second kappa shape index (κ2) is 7.02. The van der Waals surface area contributed by atoms with E-state index in [0.29, 0.717) is 18.4 Å². The number of rotatable bonds is 6. The minimum absolute atomic E-state index is 0.00728. The van der Waals surface area contributed by atoms with Gasteiger partial charge >= 0.3 is 0 Å². The maximum Gasteiger partial charge on any atom is 0.124 e. The first kappa shape index (κ1) is 14.5. The van der Waals surface area contributed by atoms with Crippen molar-refractivity contribution in [3.63, 3.8) is 0 Å². The van der Waals surface area contributed by atoms with Gasteiger partial charge < -0.3 is 9.84 Å². The largest absolute Gasteiger partial charge is 0.493 e. The highest BCUT2D eigenvalue weighted by Gasteiger charge is 2.08. The molecule has 1 N–H and O–H groups in total. The molecule has 0 aliphatic carbocycles. The summed E-state index contributed by atoms with van der Waals surface area (Å²) in [5.74, 6) is 2.01. The van der Waals surface area contributed by atoms with Gasteiger partial charge in [0.2, 0.25) is 0 Å². The minimum atomic E-state index is 0.00728. The summed E-state index contributed by atoms with van der Waals surface area (Å²) >= 11 is 3.38. The highest BCUT2D eigenvalue weighted by molar-refractivity contribution is 9.10. The van der Waals surface area contributed by atoms with Crippen LogP contribution in [0.2, 0.25) is 0 Å². The Bertz CT molecular complexity index is 350. The van der Waals surface area contributed by atoms with Gasteiger partial charge in [0.1, 0.15) is 5.75 Å². The van der Waals surface area contributed by atoms with Gasteiger partial charge in [-0.3, -0.25) is 0 Å². The third-order valence-corrected chi connectivity index (χ3v) is 3.08. The fourth-order valence-electron chi connectivity index (χ4n) is 1.92. The first-order valence-corrected chi connectivity index (χ1v) is 6.84. The summed E-state index contributed by atoms with van der Waals surface area (Å²) in [6, 6.07) is 5.72. The average molecular weight is 301 g/mol. The smallest absolute Gasteiger partial charge is 0.124 e. The molecule has 1 atom stereocenters. The fourth-order valence-corrected chi connectivity index (χ4v) is 2.33. The molecule has 0 heterocycles. The zero-order chi connectivity index (χ0) is 12.8. The van der Waals surface area contributed by atoms with Crippen molar-refractivity contribution in [3.05, 3.63) is 28.2 Å². The van der Waals surface area contributed by atoms with Crippen molar-refractivity contribution in [3.8, 4) is 5.75 Å². The number of hydrogen-bond donors (Lipinski definition) is 1. The van der Waals surface area contributed by atoms with Gasteiger partial charge in [-0.2, -0.15) is 0 Å². The average Bonchev–Trinajstić information content (AvgIpc) is 2.26. The molecule has 1 aromatic carbocycles. The number of ether oxygens (including phenoxy) is 1. The van der Waals surface area contributed by atoms with Crippen molar-refractivity contribution in [1.82, 2.24) is 0 Å². The van der Waals surface area contributed by atoms with Crippen molar-refractivity contribution in [1.29, 1.82) is 0 Å². The molecule has 96 valence electrons. The van der Waals surface area contributed by atoms with E-state index in [0.717, 1.165) is 22.2 Å². The molecule has 1 unspecified atom stereocenters. The van der Waals surface area contributed by atoms with Crippen molar-refractivity contribution in [2.24, 2.45) is 11.8 Å². The van der Waals surface area contributed by atoms with Crippen LogP contribution in [-0.4, -0.2) is 11.7 Å². The van der Waals surface area contributed by atoms with Crippen LogP contribution in [0.5, 0.6) is 5.75 Å². The second-order valence-electron chi connectivity index (χ2n) is 4.96. The van der Waals surface area contributed by atoms with E-state index >= 15 is 0 Å². The lowest BCUT2D eigenvalue weighted by Crippen LogP contribution is -2.11. The van der Waals surface area contributed by atoms with Crippen LogP contribution in [0.3, 0.4) is 0 Å². The molecule has 17 heavy (non-hydrogen) atoms. The third kappa shape index (κ3) is 5.09. The molecule has 0 spiro atoms. The molecule has 1 rings (SSSR count). The zero-order valence-electron chi connectivity index (χ0n) is 10.7. The number of aliphatic hydroxyl groups excluding tert-OH is 1. The minimum Gasteiger partial charge on any atom is -0.493 e. The maximum atomic E-state index is 9.25. The molecule has 0 fully saturated rings.